The summed E-state index contributed by atoms with van der Waals surface area (Å²) >= 11 is 9.18. The molecule has 0 aromatic carbocycles. The van der Waals surface area contributed by atoms with Gasteiger partial charge in [-0.15, -0.1) is 0 Å². The Hall–Kier alpha value is -0.390. The van der Waals surface area contributed by atoms with E-state index in [1.54, 1.807) is 6.20 Å². The van der Waals surface area contributed by atoms with Crippen molar-refractivity contribution < 1.29 is 0 Å². The van der Waals surface area contributed by atoms with E-state index in [0.29, 0.717) is 11.3 Å². The Kier molecular flexibility index (Phi) is 3.13. The van der Waals surface area contributed by atoms with Crippen molar-refractivity contribution in [2.24, 2.45) is 0 Å². The van der Waals surface area contributed by atoms with E-state index in [-0.39, 0.29) is 0 Å². The molecule has 2 rings (SSSR count). The molecule has 82 valence electrons. The molecule has 4 nitrogen and oxygen atoms in total. The Morgan fingerprint density at radius 1 is 1.53 bits per heavy atom. The molecule has 2 heterocycles. The van der Waals surface area contributed by atoms with Crippen molar-refractivity contribution in [1.29, 1.82) is 0 Å². The summed E-state index contributed by atoms with van der Waals surface area (Å²) in [6.45, 7) is 1.97. The topological polar surface area (TPSA) is 32.3 Å². The Morgan fingerprint density at radius 3 is 2.80 bits per heavy atom. The summed E-state index contributed by atoms with van der Waals surface area (Å²) in [6.07, 6.45) is 1.69. The number of halogens is 2. The third-order valence-electron chi connectivity index (χ3n) is 2.59. The molecule has 0 aliphatic carbocycles. The third kappa shape index (κ3) is 2.24. The van der Waals surface area contributed by atoms with Crippen LogP contribution in [0.1, 0.15) is 0 Å². The maximum atomic E-state index is 5.76. The quantitative estimate of drug-likeness (QED) is 0.776. The van der Waals surface area contributed by atoms with Crippen LogP contribution in [0.15, 0.2) is 10.7 Å². The average Bonchev–Trinajstić information content (AvgIpc) is 2.08. The van der Waals surface area contributed by atoms with Crippen molar-refractivity contribution in [1.82, 2.24) is 14.9 Å². The molecule has 1 aliphatic rings. The second kappa shape index (κ2) is 4.23. The van der Waals surface area contributed by atoms with Gasteiger partial charge in [-0.3, -0.25) is 0 Å². The number of anilines is 1. The summed E-state index contributed by atoms with van der Waals surface area (Å²) in [6, 6.07) is 0.602. The minimum absolute atomic E-state index is 0.293. The van der Waals surface area contributed by atoms with E-state index in [4.69, 9.17) is 11.6 Å². The molecule has 1 aliphatic heterocycles. The van der Waals surface area contributed by atoms with E-state index in [1.807, 2.05) is 0 Å². The molecular weight excluding hydrogens is 279 g/mol. The number of aromatic nitrogens is 2. The van der Waals surface area contributed by atoms with Crippen molar-refractivity contribution in [2.75, 3.05) is 32.1 Å². The molecule has 1 aromatic rings. The molecule has 0 spiro atoms. The van der Waals surface area contributed by atoms with Crippen molar-refractivity contribution >= 4 is 33.3 Å². The standard InChI is InChI=1S/C9H12BrClN4/c1-14(2)6-4-15(5-6)8-7(10)3-12-9(11)13-8/h3,6H,4-5H2,1-2H3. The van der Waals surface area contributed by atoms with Gasteiger partial charge in [0.05, 0.1) is 4.47 Å². The highest BCUT2D eigenvalue weighted by Gasteiger charge is 2.30. The minimum Gasteiger partial charge on any atom is -0.352 e. The van der Waals surface area contributed by atoms with Gasteiger partial charge in [-0.1, -0.05) is 0 Å². The van der Waals surface area contributed by atoms with Crippen molar-refractivity contribution in [2.45, 2.75) is 6.04 Å². The van der Waals surface area contributed by atoms with E-state index >= 15 is 0 Å². The highest BCUT2D eigenvalue weighted by Crippen LogP contribution is 2.28. The van der Waals surface area contributed by atoms with Gasteiger partial charge in [0, 0.05) is 25.3 Å². The first-order chi connectivity index (χ1) is 7.08. The summed E-state index contributed by atoms with van der Waals surface area (Å²) < 4.78 is 0.893. The minimum atomic E-state index is 0.293. The molecule has 0 bridgehead atoms. The predicted octanol–water partition coefficient (Wildman–Crippen LogP) is 1.64. The first-order valence-electron chi connectivity index (χ1n) is 4.67. The summed E-state index contributed by atoms with van der Waals surface area (Å²) in [5.41, 5.74) is 0. The van der Waals surface area contributed by atoms with Gasteiger partial charge in [-0.05, 0) is 41.6 Å². The largest absolute Gasteiger partial charge is 0.352 e. The Labute approximate surface area is 102 Å². The molecule has 6 heteroatoms. The van der Waals surface area contributed by atoms with Gasteiger partial charge in [-0.25, -0.2) is 4.98 Å². The summed E-state index contributed by atoms with van der Waals surface area (Å²) in [7, 11) is 4.17. The van der Waals surface area contributed by atoms with Crippen LogP contribution in [-0.2, 0) is 0 Å². The second-order valence-electron chi connectivity index (χ2n) is 3.83. The van der Waals surface area contributed by atoms with E-state index in [9.17, 15) is 0 Å². The van der Waals surface area contributed by atoms with E-state index in [1.165, 1.54) is 0 Å². The Morgan fingerprint density at radius 2 is 2.20 bits per heavy atom. The van der Waals surface area contributed by atoms with Gasteiger partial charge in [0.1, 0.15) is 5.82 Å². The van der Waals surface area contributed by atoms with Crippen molar-refractivity contribution in [3.8, 4) is 0 Å². The SMILES string of the molecule is CN(C)C1CN(c2nc(Cl)ncc2Br)C1. The fraction of sp³-hybridized carbons (Fsp3) is 0.556. The second-order valence-corrected chi connectivity index (χ2v) is 5.03. The van der Waals surface area contributed by atoms with Crippen LogP contribution in [0.4, 0.5) is 5.82 Å². The van der Waals surface area contributed by atoms with Gasteiger partial charge in [0.15, 0.2) is 0 Å². The van der Waals surface area contributed by atoms with Crippen LogP contribution >= 0.6 is 27.5 Å². The number of nitrogens with zero attached hydrogens (tertiary/aromatic N) is 4. The summed E-state index contributed by atoms with van der Waals surface area (Å²) in [4.78, 5) is 12.5. The zero-order valence-corrected chi connectivity index (χ0v) is 11.0. The van der Waals surface area contributed by atoms with Crippen molar-refractivity contribution in [3.63, 3.8) is 0 Å². The fourth-order valence-corrected chi connectivity index (χ4v) is 2.08. The Balaban J connectivity index is 2.09. The number of likely N-dealkylation sites (N-methyl/N-ethyl adjacent to an activating group) is 1. The van der Waals surface area contributed by atoms with Crippen LogP contribution in [0.3, 0.4) is 0 Å². The van der Waals surface area contributed by atoms with Crippen LogP contribution in [0, 0.1) is 0 Å². The lowest BCUT2D eigenvalue weighted by Gasteiger charge is -2.43. The monoisotopic (exact) mass is 290 g/mol. The van der Waals surface area contributed by atoms with Crippen LogP contribution in [0.2, 0.25) is 5.28 Å². The fourth-order valence-electron chi connectivity index (χ4n) is 1.51. The molecule has 0 unspecified atom stereocenters. The summed E-state index contributed by atoms with van der Waals surface area (Å²) in [5.74, 6) is 0.883. The average molecular weight is 292 g/mol. The third-order valence-corrected chi connectivity index (χ3v) is 3.33. The maximum Gasteiger partial charge on any atom is 0.224 e. The van der Waals surface area contributed by atoms with E-state index in [2.05, 4.69) is 49.8 Å². The zero-order valence-electron chi connectivity index (χ0n) is 8.61. The maximum absolute atomic E-state index is 5.76. The number of hydrogen-bond acceptors (Lipinski definition) is 4. The lowest BCUT2D eigenvalue weighted by molar-refractivity contribution is 0.246. The van der Waals surface area contributed by atoms with Gasteiger partial charge in [0.25, 0.3) is 0 Å². The van der Waals surface area contributed by atoms with Gasteiger partial charge in [-0.2, -0.15) is 4.98 Å². The molecular formula is C9H12BrClN4. The number of hydrogen-bond donors (Lipinski definition) is 0. The van der Waals surface area contributed by atoms with Crippen molar-refractivity contribution in [3.05, 3.63) is 16.0 Å². The van der Waals surface area contributed by atoms with Crippen LogP contribution in [0.25, 0.3) is 0 Å². The normalized spacial score (nSPS) is 17.0. The molecule has 15 heavy (non-hydrogen) atoms. The summed E-state index contributed by atoms with van der Waals surface area (Å²) in [5, 5.41) is 0.293. The number of rotatable bonds is 2. The predicted molar refractivity (Wildman–Crippen MR) is 64.4 cm³/mol. The molecule has 0 atom stereocenters. The molecule has 0 N–H and O–H groups in total. The molecule has 1 saturated heterocycles. The lowest BCUT2D eigenvalue weighted by atomic mass is 10.1. The van der Waals surface area contributed by atoms with E-state index in [0.717, 1.165) is 23.4 Å². The van der Waals surface area contributed by atoms with Crippen LogP contribution < -0.4 is 4.90 Å². The lowest BCUT2D eigenvalue weighted by Crippen LogP contribution is -2.57. The van der Waals surface area contributed by atoms with Crippen LogP contribution in [0.5, 0.6) is 0 Å². The smallest absolute Gasteiger partial charge is 0.224 e. The molecule has 1 fully saturated rings. The van der Waals surface area contributed by atoms with Gasteiger partial charge in [0.2, 0.25) is 5.28 Å². The highest BCUT2D eigenvalue weighted by atomic mass is 79.9. The first-order valence-corrected chi connectivity index (χ1v) is 5.84. The van der Waals surface area contributed by atoms with Gasteiger partial charge >= 0.3 is 0 Å². The highest BCUT2D eigenvalue weighted by molar-refractivity contribution is 9.10. The van der Waals surface area contributed by atoms with Gasteiger partial charge < -0.3 is 9.80 Å². The first kappa shape index (κ1) is 11.1. The van der Waals surface area contributed by atoms with Crippen LogP contribution in [-0.4, -0.2) is 48.1 Å². The molecule has 0 saturated carbocycles. The molecule has 0 amide bonds. The zero-order chi connectivity index (χ0) is 11.0. The van der Waals surface area contributed by atoms with E-state index < -0.39 is 0 Å². The molecule has 0 radical (unpaired) electrons. The Bertz CT molecular complexity index is 365. The molecule has 1 aromatic heterocycles.